The highest BCUT2D eigenvalue weighted by Crippen LogP contribution is 2.13. The van der Waals surface area contributed by atoms with Crippen molar-refractivity contribution in [1.82, 2.24) is 9.78 Å². The molecule has 20 heavy (non-hydrogen) atoms. The SMILES string of the molecule is Cc1nn(Cc2cc(C(N)=O)ccc2F)cc1C(=O)O. The van der Waals surface area contributed by atoms with Crippen molar-refractivity contribution >= 4 is 11.9 Å². The highest BCUT2D eigenvalue weighted by atomic mass is 19.1. The van der Waals surface area contributed by atoms with Gasteiger partial charge < -0.3 is 10.8 Å². The molecule has 0 bridgehead atoms. The van der Waals surface area contributed by atoms with Gasteiger partial charge in [-0.25, -0.2) is 9.18 Å². The van der Waals surface area contributed by atoms with Crippen LogP contribution in [0, 0.1) is 12.7 Å². The Balaban J connectivity index is 2.34. The molecule has 104 valence electrons. The number of aromatic carboxylic acids is 1. The van der Waals surface area contributed by atoms with E-state index in [1.54, 1.807) is 6.92 Å². The third kappa shape index (κ3) is 2.66. The van der Waals surface area contributed by atoms with Gasteiger partial charge in [-0.15, -0.1) is 0 Å². The minimum atomic E-state index is -1.10. The maximum atomic E-state index is 13.7. The van der Waals surface area contributed by atoms with E-state index in [0.29, 0.717) is 5.69 Å². The van der Waals surface area contributed by atoms with Crippen LogP contribution < -0.4 is 5.73 Å². The summed E-state index contributed by atoms with van der Waals surface area (Å²) in [5, 5.41) is 12.9. The second-order valence-corrected chi connectivity index (χ2v) is 4.30. The van der Waals surface area contributed by atoms with Crippen molar-refractivity contribution < 1.29 is 19.1 Å². The number of carboxylic acids is 1. The highest BCUT2D eigenvalue weighted by Gasteiger charge is 2.13. The topological polar surface area (TPSA) is 98.2 Å². The number of amides is 1. The molecule has 0 saturated carbocycles. The zero-order chi connectivity index (χ0) is 14.9. The Hall–Kier alpha value is -2.70. The first-order valence-electron chi connectivity index (χ1n) is 5.74. The lowest BCUT2D eigenvalue weighted by molar-refractivity contribution is 0.0695. The Morgan fingerprint density at radius 3 is 2.70 bits per heavy atom. The van der Waals surface area contributed by atoms with Gasteiger partial charge in [-0.1, -0.05) is 0 Å². The van der Waals surface area contributed by atoms with Crippen LogP contribution in [-0.2, 0) is 6.54 Å². The van der Waals surface area contributed by atoms with Crippen molar-refractivity contribution in [1.29, 1.82) is 0 Å². The molecular formula is C13H12FN3O3. The molecule has 0 atom stereocenters. The van der Waals surface area contributed by atoms with Crippen LogP contribution >= 0.6 is 0 Å². The summed E-state index contributed by atoms with van der Waals surface area (Å²) in [6, 6.07) is 3.76. The summed E-state index contributed by atoms with van der Waals surface area (Å²) in [7, 11) is 0. The van der Waals surface area contributed by atoms with E-state index in [4.69, 9.17) is 10.8 Å². The number of hydrogen-bond donors (Lipinski definition) is 2. The van der Waals surface area contributed by atoms with Gasteiger partial charge >= 0.3 is 5.97 Å². The Morgan fingerprint density at radius 2 is 2.15 bits per heavy atom. The lowest BCUT2D eigenvalue weighted by atomic mass is 10.1. The normalized spacial score (nSPS) is 10.5. The maximum Gasteiger partial charge on any atom is 0.339 e. The van der Waals surface area contributed by atoms with Gasteiger partial charge in [-0.2, -0.15) is 5.10 Å². The molecule has 0 aliphatic heterocycles. The Morgan fingerprint density at radius 1 is 1.45 bits per heavy atom. The molecule has 1 amide bonds. The van der Waals surface area contributed by atoms with Gasteiger partial charge in [0.05, 0.1) is 12.2 Å². The average Bonchev–Trinajstić information content (AvgIpc) is 2.73. The predicted octanol–water partition coefficient (Wildman–Crippen LogP) is 1.18. The van der Waals surface area contributed by atoms with E-state index >= 15 is 0 Å². The van der Waals surface area contributed by atoms with Crippen molar-refractivity contribution in [3.05, 3.63) is 52.6 Å². The van der Waals surface area contributed by atoms with Crippen LogP contribution in [0.3, 0.4) is 0 Å². The van der Waals surface area contributed by atoms with Crippen molar-refractivity contribution in [3.8, 4) is 0 Å². The van der Waals surface area contributed by atoms with Crippen LogP contribution in [0.2, 0.25) is 0 Å². The van der Waals surface area contributed by atoms with E-state index in [1.165, 1.54) is 23.0 Å². The van der Waals surface area contributed by atoms with Crippen molar-refractivity contribution in [2.75, 3.05) is 0 Å². The molecule has 6 nitrogen and oxygen atoms in total. The van der Waals surface area contributed by atoms with Crippen LogP contribution in [0.4, 0.5) is 4.39 Å². The quantitative estimate of drug-likeness (QED) is 0.876. The Kier molecular flexibility index (Phi) is 3.51. The van der Waals surface area contributed by atoms with Crippen LogP contribution in [-0.4, -0.2) is 26.8 Å². The molecule has 0 aliphatic rings. The van der Waals surface area contributed by atoms with E-state index in [0.717, 1.165) is 6.07 Å². The molecular weight excluding hydrogens is 265 g/mol. The standard InChI is InChI=1S/C13H12FN3O3/c1-7-10(13(19)20)6-17(16-7)5-9-4-8(12(15)18)2-3-11(9)14/h2-4,6H,5H2,1H3,(H2,15,18)(H,19,20). The smallest absolute Gasteiger partial charge is 0.339 e. The second-order valence-electron chi connectivity index (χ2n) is 4.30. The number of aryl methyl sites for hydroxylation is 1. The summed E-state index contributed by atoms with van der Waals surface area (Å²) in [6.07, 6.45) is 1.31. The van der Waals surface area contributed by atoms with Gasteiger partial charge in [-0.05, 0) is 25.1 Å². The van der Waals surface area contributed by atoms with Gasteiger partial charge in [0.2, 0.25) is 5.91 Å². The molecule has 3 N–H and O–H groups in total. The molecule has 0 spiro atoms. The van der Waals surface area contributed by atoms with Crippen LogP contribution in [0.15, 0.2) is 24.4 Å². The highest BCUT2D eigenvalue weighted by molar-refractivity contribution is 5.92. The average molecular weight is 277 g/mol. The van der Waals surface area contributed by atoms with Crippen molar-refractivity contribution in [2.45, 2.75) is 13.5 Å². The van der Waals surface area contributed by atoms with Crippen molar-refractivity contribution in [2.24, 2.45) is 5.73 Å². The van der Waals surface area contributed by atoms with Gasteiger partial charge in [0.15, 0.2) is 0 Å². The number of carbonyl (C=O) groups is 2. The number of nitrogens with two attached hydrogens (primary N) is 1. The minimum absolute atomic E-state index is 0.0150. The number of rotatable bonds is 4. The lowest BCUT2D eigenvalue weighted by Gasteiger charge is -2.05. The van der Waals surface area contributed by atoms with E-state index < -0.39 is 17.7 Å². The number of benzene rings is 1. The first kappa shape index (κ1) is 13.7. The number of hydrogen-bond acceptors (Lipinski definition) is 3. The number of primary amides is 1. The summed E-state index contributed by atoms with van der Waals surface area (Å²) < 4.78 is 15.0. The largest absolute Gasteiger partial charge is 0.478 e. The fraction of sp³-hybridized carbons (Fsp3) is 0.154. The third-order valence-electron chi connectivity index (χ3n) is 2.84. The van der Waals surface area contributed by atoms with Gasteiger partial charge in [0.1, 0.15) is 11.4 Å². The summed E-state index contributed by atoms with van der Waals surface area (Å²) in [5.41, 5.74) is 5.91. The monoisotopic (exact) mass is 277 g/mol. The summed E-state index contributed by atoms with van der Waals surface area (Å²) in [4.78, 5) is 22.0. The zero-order valence-corrected chi connectivity index (χ0v) is 10.6. The number of carbonyl (C=O) groups excluding carboxylic acids is 1. The van der Waals surface area contributed by atoms with Crippen LogP contribution in [0.1, 0.15) is 32.0 Å². The van der Waals surface area contributed by atoms with Crippen LogP contribution in [0.25, 0.3) is 0 Å². The third-order valence-corrected chi connectivity index (χ3v) is 2.84. The van der Waals surface area contributed by atoms with E-state index in [9.17, 15) is 14.0 Å². The molecule has 0 aliphatic carbocycles. The number of halogens is 1. The number of carboxylic acid groups (broad SMARTS) is 1. The van der Waals surface area contributed by atoms with Crippen molar-refractivity contribution in [3.63, 3.8) is 0 Å². The lowest BCUT2D eigenvalue weighted by Crippen LogP contribution is -2.12. The molecule has 2 aromatic rings. The van der Waals surface area contributed by atoms with E-state index in [1.807, 2.05) is 0 Å². The minimum Gasteiger partial charge on any atom is -0.478 e. The molecule has 0 radical (unpaired) electrons. The Bertz CT molecular complexity index is 694. The first-order valence-corrected chi connectivity index (χ1v) is 5.74. The van der Waals surface area contributed by atoms with E-state index in [-0.39, 0.29) is 23.2 Å². The maximum absolute atomic E-state index is 13.7. The number of nitrogens with zero attached hydrogens (tertiary/aromatic N) is 2. The van der Waals surface area contributed by atoms with E-state index in [2.05, 4.69) is 5.10 Å². The van der Waals surface area contributed by atoms with Gasteiger partial charge in [0, 0.05) is 17.3 Å². The summed E-state index contributed by atoms with van der Waals surface area (Å²) in [5.74, 6) is -2.27. The molecule has 2 rings (SSSR count). The van der Waals surface area contributed by atoms with Gasteiger partial charge in [-0.3, -0.25) is 9.48 Å². The fourth-order valence-corrected chi connectivity index (χ4v) is 1.83. The van der Waals surface area contributed by atoms with Gasteiger partial charge in [0.25, 0.3) is 0 Å². The zero-order valence-electron chi connectivity index (χ0n) is 10.6. The molecule has 1 aromatic carbocycles. The molecule has 0 saturated heterocycles. The summed E-state index contributed by atoms with van der Waals surface area (Å²) in [6.45, 7) is 1.57. The first-order chi connectivity index (χ1) is 9.38. The second kappa shape index (κ2) is 5.12. The molecule has 0 fully saturated rings. The fourth-order valence-electron chi connectivity index (χ4n) is 1.83. The summed E-state index contributed by atoms with van der Waals surface area (Å²) >= 11 is 0. The van der Waals surface area contributed by atoms with Crippen LogP contribution in [0.5, 0.6) is 0 Å². The molecule has 1 aromatic heterocycles. The predicted molar refractivity (Wildman–Crippen MR) is 67.9 cm³/mol. The molecule has 7 heteroatoms. The molecule has 1 heterocycles. The number of aromatic nitrogens is 2. The molecule has 0 unspecified atom stereocenters. The Labute approximate surface area is 113 Å².